The summed E-state index contributed by atoms with van der Waals surface area (Å²) in [6, 6.07) is 15.8. The number of amides is 1. The number of hydrogen-bond acceptors (Lipinski definition) is 5. The Bertz CT molecular complexity index is 957. The zero-order valence-electron chi connectivity index (χ0n) is 17.1. The maximum Gasteiger partial charge on any atom is 0.251 e. The number of guanidine groups is 1. The summed E-state index contributed by atoms with van der Waals surface area (Å²) in [7, 11) is 3.39. The number of fused-ring (bicyclic) bond motifs is 1. The van der Waals surface area contributed by atoms with Gasteiger partial charge in [0, 0.05) is 39.3 Å². The number of nitrogens with zero attached hydrogens (tertiary/aromatic N) is 2. The van der Waals surface area contributed by atoms with Gasteiger partial charge in [0.05, 0.1) is 10.2 Å². The maximum absolute atomic E-state index is 11.7. The smallest absolute Gasteiger partial charge is 0.251 e. The van der Waals surface area contributed by atoms with E-state index in [0.29, 0.717) is 5.56 Å². The second-order valence-electron chi connectivity index (χ2n) is 6.37. The first-order chi connectivity index (χ1) is 14.2. The van der Waals surface area contributed by atoms with Crippen LogP contribution in [0.1, 0.15) is 15.9 Å². The average molecular weight is 538 g/mol. The first-order valence-corrected chi connectivity index (χ1v) is 10.4. The molecule has 9 heteroatoms. The minimum absolute atomic E-state index is 0. The number of para-hydroxylation sites is 1. The van der Waals surface area contributed by atoms with Gasteiger partial charge < -0.3 is 21.3 Å². The lowest BCUT2D eigenvalue weighted by molar-refractivity contribution is 0.0963. The van der Waals surface area contributed by atoms with E-state index in [2.05, 4.69) is 37.3 Å². The molecule has 1 amide bonds. The van der Waals surface area contributed by atoms with Crippen LogP contribution in [0, 0.1) is 0 Å². The maximum atomic E-state index is 11.7. The van der Waals surface area contributed by atoms with Gasteiger partial charge in [-0.2, -0.15) is 0 Å². The summed E-state index contributed by atoms with van der Waals surface area (Å²) in [6.07, 6.45) is 0.801. The van der Waals surface area contributed by atoms with Crippen molar-refractivity contribution >= 4 is 62.5 Å². The molecule has 1 heterocycles. The minimum atomic E-state index is -0.0714. The fraction of sp³-hybridized carbons (Fsp3) is 0.286. The zero-order valence-corrected chi connectivity index (χ0v) is 20.2. The van der Waals surface area contributed by atoms with Crippen LogP contribution in [-0.4, -0.2) is 50.6 Å². The Labute approximate surface area is 197 Å². The average Bonchev–Trinajstić information content (AvgIpc) is 3.18. The lowest BCUT2D eigenvalue weighted by Crippen LogP contribution is -2.40. The van der Waals surface area contributed by atoms with Gasteiger partial charge in [-0.3, -0.25) is 9.79 Å². The van der Waals surface area contributed by atoms with Gasteiger partial charge in [0.25, 0.3) is 5.91 Å². The summed E-state index contributed by atoms with van der Waals surface area (Å²) in [5.41, 5.74) is 2.80. The number of aliphatic imine (C=N–C) groups is 1. The van der Waals surface area contributed by atoms with Crippen LogP contribution in [0.3, 0.4) is 0 Å². The van der Waals surface area contributed by atoms with Gasteiger partial charge in [0.15, 0.2) is 11.1 Å². The van der Waals surface area contributed by atoms with Gasteiger partial charge in [-0.1, -0.05) is 35.6 Å². The Balaban J connectivity index is 0.00000320. The molecule has 7 nitrogen and oxygen atoms in total. The molecule has 0 aliphatic rings. The summed E-state index contributed by atoms with van der Waals surface area (Å²) in [4.78, 5) is 20.5. The molecule has 3 aromatic rings. The SMILES string of the molecule is CN=C(NCCNc1nc2ccccc2s1)NCCc1cccc(C(=O)NC)c1.I. The van der Waals surface area contributed by atoms with Crippen LogP contribution in [0.2, 0.25) is 0 Å². The third-order valence-corrected chi connectivity index (χ3v) is 5.33. The molecule has 30 heavy (non-hydrogen) atoms. The molecule has 3 rings (SSSR count). The van der Waals surface area contributed by atoms with E-state index < -0.39 is 0 Å². The van der Waals surface area contributed by atoms with Crippen molar-refractivity contribution in [3.63, 3.8) is 0 Å². The summed E-state index contributed by atoms with van der Waals surface area (Å²) in [5, 5.41) is 13.5. The number of aromatic nitrogens is 1. The third-order valence-electron chi connectivity index (χ3n) is 4.33. The topological polar surface area (TPSA) is 90.4 Å². The molecular weight excluding hydrogens is 511 g/mol. The van der Waals surface area contributed by atoms with Gasteiger partial charge in [-0.15, -0.1) is 24.0 Å². The van der Waals surface area contributed by atoms with E-state index in [1.807, 2.05) is 42.5 Å². The van der Waals surface area contributed by atoms with E-state index in [1.165, 1.54) is 4.70 Å². The number of halogens is 1. The third kappa shape index (κ3) is 6.84. The van der Waals surface area contributed by atoms with Gasteiger partial charge >= 0.3 is 0 Å². The summed E-state index contributed by atoms with van der Waals surface area (Å²) >= 11 is 1.65. The van der Waals surface area contributed by atoms with Gasteiger partial charge in [-0.25, -0.2) is 4.98 Å². The molecule has 0 fully saturated rings. The Morgan fingerprint density at radius 3 is 2.63 bits per heavy atom. The number of nitrogens with one attached hydrogen (secondary N) is 4. The van der Waals surface area contributed by atoms with Crippen molar-refractivity contribution in [3.05, 3.63) is 59.7 Å². The van der Waals surface area contributed by atoms with Crippen molar-refractivity contribution in [3.8, 4) is 0 Å². The molecule has 0 atom stereocenters. The molecule has 0 spiro atoms. The monoisotopic (exact) mass is 538 g/mol. The van der Waals surface area contributed by atoms with E-state index in [9.17, 15) is 4.79 Å². The second-order valence-corrected chi connectivity index (χ2v) is 7.40. The lowest BCUT2D eigenvalue weighted by Gasteiger charge is -2.12. The molecule has 0 bridgehead atoms. The van der Waals surface area contributed by atoms with E-state index >= 15 is 0 Å². The summed E-state index contributed by atoms with van der Waals surface area (Å²) < 4.78 is 1.18. The number of hydrogen-bond donors (Lipinski definition) is 4. The highest BCUT2D eigenvalue weighted by Crippen LogP contribution is 2.24. The molecule has 0 unspecified atom stereocenters. The second kappa shape index (κ2) is 12.3. The van der Waals surface area contributed by atoms with Crippen molar-refractivity contribution in [1.82, 2.24) is 20.9 Å². The molecule has 0 radical (unpaired) electrons. The van der Waals surface area contributed by atoms with Crippen molar-refractivity contribution < 1.29 is 4.79 Å². The van der Waals surface area contributed by atoms with Crippen LogP contribution in [0.5, 0.6) is 0 Å². The van der Waals surface area contributed by atoms with Crippen LogP contribution in [0.4, 0.5) is 5.13 Å². The molecular formula is C21H27IN6OS. The summed E-state index contributed by atoms with van der Waals surface area (Å²) in [6.45, 7) is 2.19. The van der Waals surface area contributed by atoms with Gasteiger partial charge in [0.2, 0.25) is 0 Å². The number of carbonyl (C=O) groups is 1. The summed E-state index contributed by atoms with van der Waals surface area (Å²) in [5.74, 6) is 0.677. The molecule has 0 saturated carbocycles. The molecule has 0 aliphatic carbocycles. The van der Waals surface area contributed by atoms with Crippen LogP contribution < -0.4 is 21.3 Å². The Morgan fingerprint density at radius 2 is 1.87 bits per heavy atom. The van der Waals surface area contributed by atoms with E-state index in [1.54, 1.807) is 25.4 Å². The fourth-order valence-electron chi connectivity index (χ4n) is 2.86. The normalized spacial score (nSPS) is 10.9. The highest BCUT2D eigenvalue weighted by atomic mass is 127. The Kier molecular flexibility index (Phi) is 9.81. The highest BCUT2D eigenvalue weighted by Gasteiger charge is 2.05. The first kappa shape index (κ1) is 23.9. The quantitative estimate of drug-likeness (QED) is 0.153. The molecule has 0 aliphatic heterocycles. The minimum Gasteiger partial charge on any atom is -0.360 e. The van der Waals surface area contributed by atoms with Crippen molar-refractivity contribution in [2.45, 2.75) is 6.42 Å². The van der Waals surface area contributed by atoms with Gasteiger partial charge in [-0.05, 0) is 36.2 Å². The van der Waals surface area contributed by atoms with Crippen molar-refractivity contribution in [2.75, 3.05) is 39.0 Å². The van der Waals surface area contributed by atoms with Crippen LogP contribution >= 0.6 is 35.3 Å². The largest absolute Gasteiger partial charge is 0.360 e. The molecule has 160 valence electrons. The number of benzene rings is 2. The number of rotatable bonds is 8. The van der Waals surface area contributed by atoms with E-state index in [0.717, 1.165) is 48.2 Å². The first-order valence-electron chi connectivity index (χ1n) is 9.54. The number of carbonyl (C=O) groups excluding carboxylic acids is 1. The lowest BCUT2D eigenvalue weighted by atomic mass is 10.1. The predicted molar refractivity (Wildman–Crippen MR) is 136 cm³/mol. The van der Waals surface area contributed by atoms with E-state index in [4.69, 9.17) is 0 Å². The van der Waals surface area contributed by atoms with Crippen molar-refractivity contribution in [2.24, 2.45) is 4.99 Å². The molecule has 0 saturated heterocycles. The van der Waals surface area contributed by atoms with Gasteiger partial charge in [0.1, 0.15) is 0 Å². The van der Waals surface area contributed by atoms with E-state index in [-0.39, 0.29) is 29.9 Å². The molecule has 2 aromatic carbocycles. The van der Waals surface area contributed by atoms with Crippen LogP contribution in [0.25, 0.3) is 10.2 Å². The predicted octanol–water partition coefficient (Wildman–Crippen LogP) is 3.09. The molecule has 4 N–H and O–H groups in total. The standard InChI is InChI=1S/C21H26N6OS.HI/c1-22-19(28)16-7-5-6-15(14-16)10-11-24-20(23-2)25-12-13-26-21-27-17-8-3-4-9-18(17)29-21;/h3-9,14H,10-13H2,1-2H3,(H,22,28)(H,26,27)(H2,23,24,25);1H. The molecule has 1 aromatic heterocycles. The Hall–Kier alpha value is -2.40. The number of anilines is 1. The fourth-order valence-corrected chi connectivity index (χ4v) is 3.75. The highest BCUT2D eigenvalue weighted by molar-refractivity contribution is 14.0. The zero-order chi connectivity index (χ0) is 20.5. The van der Waals surface area contributed by atoms with Crippen molar-refractivity contribution in [1.29, 1.82) is 0 Å². The van der Waals surface area contributed by atoms with Crippen LogP contribution in [0.15, 0.2) is 53.5 Å². The van der Waals surface area contributed by atoms with Crippen LogP contribution in [-0.2, 0) is 6.42 Å². The Morgan fingerprint density at radius 1 is 1.07 bits per heavy atom. The number of thiazole rings is 1.